The van der Waals surface area contributed by atoms with Crippen molar-refractivity contribution in [1.29, 1.82) is 0 Å². The minimum absolute atomic E-state index is 0.0949. The van der Waals surface area contributed by atoms with Gasteiger partial charge >= 0.3 is 7.12 Å². The number of nitro groups is 2. The van der Waals surface area contributed by atoms with Crippen molar-refractivity contribution in [3.05, 3.63) is 462 Å². The van der Waals surface area contributed by atoms with Crippen LogP contribution in [-0.4, -0.2) is 53.1 Å². The molecule has 0 aliphatic heterocycles. The fraction of sp³-hybridized carbons (Fsp3) is 0. The van der Waals surface area contributed by atoms with E-state index in [9.17, 15) is 29.8 Å². The number of benzene rings is 18. The lowest BCUT2D eigenvalue weighted by Gasteiger charge is -2.14. The number of nitrogens with zero attached hydrogens (tertiary/aromatic N) is 5. The summed E-state index contributed by atoms with van der Waals surface area (Å²) in [6.45, 7) is 0. The van der Waals surface area contributed by atoms with Crippen LogP contribution in [0.4, 0.5) is 22.7 Å². The Labute approximate surface area is 774 Å². The van der Waals surface area contributed by atoms with Crippen molar-refractivity contribution in [2.75, 3.05) is 11.1 Å². The van der Waals surface area contributed by atoms with Crippen LogP contribution in [0.5, 0.6) is 0 Å². The van der Waals surface area contributed by atoms with Crippen LogP contribution in [0.3, 0.4) is 0 Å². The monoisotopic (exact) mass is 1950 g/mol. The summed E-state index contributed by atoms with van der Waals surface area (Å²) in [7, 11) is -1.80. The summed E-state index contributed by atoms with van der Waals surface area (Å²) in [5, 5.41) is 60.7. The average molecular weight is 1950 g/mol. The van der Waals surface area contributed by atoms with Gasteiger partial charge in [0.2, 0.25) is 0 Å². The minimum Gasteiger partial charge on any atom is -0.423 e. The number of carbonyl (C=O) groups is 2. The second-order valence-corrected chi connectivity index (χ2v) is 32.7. The topological polar surface area (TPSA) is 238 Å². The van der Waals surface area contributed by atoms with Crippen molar-refractivity contribution >= 4 is 219 Å². The highest BCUT2D eigenvalue weighted by molar-refractivity contribution is 9.11. The lowest BCUT2D eigenvalue weighted by Crippen LogP contribution is -2.31. The van der Waals surface area contributed by atoms with Crippen molar-refractivity contribution in [2.24, 2.45) is 0 Å². The zero-order chi connectivity index (χ0) is 89.2. The predicted octanol–water partition coefficient (Wildman–Crippen LogP) is 28.8. The molecule has 0 aliphatic carbocycles. The van der Waals surface area contributed by atoms with Crippen LogP contribution < -0.4 is 16.5 Å². The number of nitro benzene ring substituents is 2. The fourth-order valence-electron chi connectivity index (χ4n) is 15.3. The second-order valence-electron chi connectivity index (χ2n) is 29.1. The standard InChI is InChI=1S/C26H17BrN2O.C22H13BrN2.C16H11NO2.C16H13N.C11H6BrClO.C10H7Br.C6H6BNO4/c27-25-22-13-4-3-11-20(22)23(16-28-25)26(30)29-24-15-6-5-12-21(24)19-14-7-9-17-8-1-2-10-18(17)19;23-20-12-10-15(13-24-20)22-18-11-9-14-5-1-2-6-16(14)21(18)17-7-3-4-8-19(17)25-22;18-17(19)16-11-4-3-9-15(16)14-10-5-7-12-6-1-2-8-13(12)14;17-16-11-4-3-9-15(16)14-10-5-7-12-6-1-2-8-13(12)14;12-10-6-5-9(11(13)14)7-3-1-2-4-8(7)10;11-10-7-3-5-8-4-1-2-6-9(8)10;9-7(10)5-3-1-2-4-6(5)8(11)12/h1-16H,(H,29,30);1-13H;1-11H;1-11H,17H2;1-6H;1-7H;1-4,9-10H. The highest BCUT2D eigenvalue weighted by Gasteiger charge is 2.24. The summed E-state index contributed by atoms with van der Waals surface area (Å²) >= 11 is 19.3. The molecule has 0 radical (unpaired) electrons. The molecular formula is C107H73BBr4ClN7O8. The lowest BCUT2D eigenvalue weighted by molar-refractivity contribution is -0.384. The molecule has 0 atom stereocenters. The molecule has 18 aromatic carbocycles. The minimum atomic E-state index is -1.80. The number of anilines is 2. The summed E-state index contributed by atoms with van der Waals surface area (Å²) in [6.07, 6.45) is 3.48. The maximum atomic E-state index is 13.2. The number of hydrogen-bond donors (Lipinski definition) is 4. The van der Waals surface area contributed by atoms with Crippen molar-refractivity contribution in [1.82, 2.24) is 15.0 Å². The molecule has 3 aromatic heterocycles. The molecule has 0 spiro atoms. The smallest absolute Gasteiger partial charge is 0.423 e. The van der Waals surface area contributed by atoms with E-state index in [4.69, 9.17) is 32.4 Å². The zero-order valence-corrected chi connectivity index (χ0v) is 75.0. The van der Waals surface area contributed by atoms with Crippen molar-refractivity contribution in [3.8, 4) is 44.6 Å². The van der Waals surface area contributed by atoms with Gasteiger partial charge in [0.1, 0.15) is 9.21 Å². The van der Waals surface area contributed by atoms with Crippen LogP contribution in [0.1, 0.15) is 20.7 Å². The number of nitrogens with one attached hydrogen (secondary N) is 1. The Morgan fingerprint density at radius 3 is 1.33 bits per heavy atom. The Morgan fingerprint density at radius 2 is 0.773 bits per heavy atom. The molecule has 21 rings (SSSR count). The molecule has 21 aromatic rings. The van der Waals surface area contributed by atoms with Crippen LogP contribution in [0, 0.1) is 20.2 Å². The van der Waals surface area contributed by atoms with Gasteiger partial charge in [-0.1, -0.05) is 366 Å². The Kier molecular flexibility index (Phi) is 28.8. The van der Waals surface area contributed by atoms with Gasteiger partial charge in [-0.3, -0.25) is 29.8 Å². The van der Waals surface area contributed by atoms with Gasteiger partial charge in [-0.2, -0.15) is 0 Å². The van der Waals surface area contributed by atoms with E-state index in [1.165, 1.54) is 84.4 Å². The maximum Gasteiger partial charge on any atom is 0.495 e. The van der Waals surface area contributed by atoms with E-state index < -0.39 is 17.3 Å². The first-order chi connectivity index (χ1) is 62.4. The first kappa shape index (κ1) is 88.5. The fourth-order valence-corrected chi connectivity index (χ4v) is 17.1. The Hall–Kier alpha value is -14.3. The highest BCUT2D eigenvalue weighted by Crippen LogP contribution is 2.41. The first-order valence-electron chi connectivity index (χ1n) is 40.2. The van der Waals surface area contributed by atoms with Gasteiger partial charge in [-0.15, -0.1) is 0 Å². The highest BCUT2D eigenvalue weighted by atomic mass is 79.9. The molecule has 622 valence electrons. The third kappa shape index (κ3) is 20.4. The number of halogens is 5. The Bertz CT molecular complexity index is 7690. The van der Waals surface area contributed by atoms with Crippen molar-refractivity contribution < 1.29 is 29.5 Å². The summed E-state index contributed by atoms with van der Waals surface area (Å²) in [4.78, 5) is 58.5. The van der Waals surface area contributed by atoms with Gasteiger partial charge in [0, 0.05) is 88.6 Å². The second kappa shape index (κ2) is 41.7. The number of fused-ring (bicyclic) bond motifs is 11. The molecule has 128 heavy (non-hydrogen) atoms. The number of para-hydroxylation sites is 5. The van der Waals surface area contributed by atoms with Gasteiger partial charge in [0.05, 0.1) is 37.6 Å². The molecule has 0 saturated heterocycles. The Balaban J connectivity index is 0.000000118. The molecule has 0 aliphatic rings. The van der Waals surface area contributed by atoms with E-state index in [1.807, 2.05) is 194 Å². The molecule has 21 heteroatoms. The Morgan fingerprint density at radius 1 is 0.352 bits per heavy atom. The number of nitrogen functional groups attached to an aromatic ring is 1. The summed E-state index contributed by atoms with van der Waals surface area (Å²) in [6, 6.07) is 130. The molecule has 5 N–H and O–H groups in total. The number of carbonyl (C=O) groups excluding carboxylic acids is 2. The molecule has 0 saturated carbocycles. The number of rotatable bonds is 10. The molecular weight excluding hydrogens is 1880 g/mol. The molecule has 0 unspecified atom stereocenters. The third-order valence-corrected chi connectivity index (χ3v) is 24.0. The number of pyridine rings is 3. The van der Waals surface area contributed by atoms with E-state index in [2.05, 4.69) is 243 Å². The zero-order valence-electron chi connectivity index (χ0n) is 67.9. The number of nitrogens with two attached hydrogens (primary N) is 1. The van der Waals surface area contributed by atoms with Crippen molar-refractivity contribution in [2.45, 2.75) is 0 Å². The van der Waals surface area contributed by atoms with E-state index in [0.29, 0.717) is 16.7 Å². The number of aromatic nitrogens is 3. The quantitative estimate of drug-likeness (QED) is 0.0190. The SMILES string of the molecule is Brc1ccc(-c2nc3ccccc3c3c2ccc2ccccc23)cn1.Brc1cccc2ccccc12.Nc1ccccc1-c1cccc2ccccc12.O=C(Cl)c1ccc(Br)c2ccccc12.O=C(Nc1ccccc1-c1cccc2ccccc12)c1cnc(Br)c2ccccc12.O=[N+]([O-])c1ccccc1-c1cccc2ccccc12.O=[N+]([O-])c1ccccc1B(O)O. The van der Waals surface area contributed by atoms with E-state index in [0.717, 1.165) is 112 Å². The first-order valence-corrected chi connectivity index (χ1v) is 43.8. The third-order valence-electron chi connectivity index (χ3n) is 21.3. The lowest BCUT2D eigenvalue weighted by atomic mass is 9.79. The van der Waals surface area contributed by atoms with E-state index in [1.54, 1.807) is 24.4 Å². The molecule has 0 fully saturated rings. The maximum absolute atomic E-state index is 13.2. The summed E-state index contributed by atoms with van der Waals surface area (Å²) in [5.74, 6) is -0.182. The van der Waals surface area contributed by atoms with Gasteiger partial charge < -0.3 is 21.1 Å². The summed E-state index contributed by atoms with van der Waals surface area (Å²) < 4.78 is 3.68. The predicted molar refractivity (Wildman–Crippen MR) is 541 cm³/mol. The number of amides is 1. The van der Waals surface area contributed by atoms with Gasteiger partial charge in [0.15, 0.2) is 0 Å². The molecule has 15 nitrogen and oxygen atoms in total. The molecule has 0 bridgehead atoms. The van der Waals surface area contributed by atoms with Gasteiger partial charge in [-0.25, -0.2) is 15.0 Å². The average Bonchev–Trinajstić information content (AvgIpc) is 0.738. The largest absolute Gasteiger partial charge is 0.495 e. The summed E-state index contributed by atoms with van der Waals surface area (Å²) in [5.41, 5.74) is 17.4. The normalized spacial score (nSPS) is 10.7. The molecule has 1 amide bonds. The van der Waals surface area contributed by atoms with Crippen LogP contribution in [0.2, 0.25) is 0 Å². The van der Waals surface area contributed by atoms with E-state index in [-0.39, 0.29) is 27.7 Å². The van der Waals surface area contributed by atoms with Crippen LogP contribution in [0.15, 0.2) is 431 Å². The number of hydrogen-bond acceptors (Lipinski definition) is 12. The van der Waals surface area contributed by atoms with E-state index >= 15 is 0 Å². The van der Waals surface area contributed by atoms with Gasteiger partial charge in [-0.05, 0) is 185 Å². The van der Waals surface area contributed by atoms with Crippen molar-refractivity contribution in [3.63, 3.8) is 0 Å². The van der Waals surface area contributed by atoms with Crippen LogP contribution in [-0.2, 0) is 0 Å². The van der Waals surface area contributed by atoms with Crippen LogP contribution >= 0.6 is 75.3 Å². The van der Waals surface area contributed by atoms with Crippen LogP contribution in [0.25, 0.3) is 142 Å². The molecule has 3 heterocycles. The van der Waals surface area contributed by atoms with Gasteiger partial charge in [0.25, 0.3) is 22.5 Å².